The first-order valence-corrected chi connectivity index (χ1v) is 23.1. The third-order valence-corrected chi connectivity index (χ3v) is 10.1. The van der Waals surface area contributed by atoms with Crippen molar-refractivity contribution >= 4 is 41.2 Å². The van der Waals surface area contributed by atoms with E-state index in [9.17, 15) is 50.7 Å². The van der Waals surface area contributed by atoms with Crippen LogP contribution in [-0.4, -0.2) is 179 Å². The molecule has 0 bridgehead atoms. The van der Waals surface area contributed by atoms with Crippen LogP contribution in [0, 0.1) is 29.1 Å². The number of hydrogen-bond donors (Lipinski definition) is 2. The van der Waals surface area contributed by atoms with Crippen LogP contribution < -0.4 is 15.4 Å². The fourth-order valence-corrected chi connectivity index (χ4v) is 6.57. The van der Waals surface area contributed by atoms with Gasteiger partial charge in [-0.1, -0.05) is 12.5 Å². The molecule has 4 rings (SSSR count). The van der Waals surface area contributed by atoms with Gasteiger partial charge in [0.2, 0.25) is 52.6 Å². The molecule has 20 nitrogen and oxygen atoms in total. The molecule has 1 saturated heterocycles. The van der Waals surface area contributed by atoms with Crippen LogP contribution in [-0.2, 0) is 66.5 Å². The third kappa shape index (κ3) is 20.5. The van der Waals surface area contributed by atoms with E-state index in [2.05, 4.69) is 15.4 Å². The Morgan fingerprint density at radius 3 is 1.44 bits per heavy atom. The lowest BCUT2D eigenvalue weighted by atomic mass is 10.0. The predicted molar refractivity (Wildman–Crippen MR) is 235 cm³/mol. The monoisotopic (exact) mass is 1020 g/mol. The maximum Gasteiger partial charge on any atom is 0.313 e. The summed E-state index contributed by atoms with van der Waals surface area (Å²) in [6.45, 7) is 6.51. The van der Waals surface area contributed by atoms with Gasteiger partial charge in [0.1, 0.15) is 6.04 Å². The van der Waals surface area contributed by atoms with Gasteiger partial charge in [-0.15, -0.1) is 0 Å². The van der Waals surface area contributed by atoms with Gasteiger partial charge >= 0.3 is 5.97 Å². The molecule has 2 N–H and O–H groups in total. The molecule has 2 aromatic carbocycles. The van der Waals surface area contributed by atoms with Crippen molar-refractivity contribution in [3.8, 4) is 5.75 Å². The van der Waals surface area contributed by atoms with Gasteiger partial charge < -0.3 is 57.4 Å². The Kier molecular flexibility index (Phi) is 27.6. The van der Waals surface area contributed by atoms with Crippen molar-refractivity contribution in [3.63, 3.8) is 0 Å². The molecule has 1 atom stereocenters. The number of carbonyl (C=O) groups is 6. The molecule has 5 amide bonds. The van der Waals surface area contributed by atoms with Crippen molar-refractivity contribution in [2.24, 2.45) is 0 Å². The first kappa shape index (κ1) is 58.5. The molecule has 0 spiro atoms. The van der Waals surface area contributed by atoms with E-state index < -0.39 is 76.9 Å². The van der Waals surface area contributed by atoms with Gasteiger partial charge in [-0.2, -0.15) is 8.78 Å². The topological polar surface area (TPSA) is 231 Å². The number of nitrogens with zero attached hydrogens (tertiary/aromatic N) is 1. The minimum atomic E-state index is -2.36. The normalized spacial score (nSPS) is 14.6. The molecule has 0 aliphatic carbocycles. The number of imide groups is 2. The van der Waals surface area contributed by atoms with Gasteiger partial charge in [-0.3, -0.25) is 39.0 Å². The van der Waals surface area contributed by atoms with Crippen LogP contribution in [0.25, 0.3) is 0 Å². The average Bonchev–Trinajstić information content (AvgIpc) is 3.61. The number of halogens is 5. The Morgan fingerprint density at radius 1 is 0.535 bits per heavy atom. The minimum Gasteiger partial charge on any atom is -0.420 e. The van der Waals surface area contributed by atoms with Gasteiger partial charge in [-0.25, -0.2) is 13.2 Å². The van der Waals surface area contributed by atoms with Crippen molar-refractivity contribution < 1.29 is 103 Å². The maximum atomic E-state index is 13.6. The summed E-state index contributed by atoms with van der Waals surface area (Å²) in [6.07, 6.45) is 1.81. The molecular formula is C46H60F5N3O17. The van der Waals surface area contributed by atoms with Crippen LogP contribution in [0.4, 0.5) is 27.6 Å². The quantitative estimate of drug-likeness (QED) is 0.0186. The lowest BCUT2D eigenvalue weighted by Gasteiger charge is -2.27. The molecule has 2 aliphatic heterocycles. The number of amides is 5. The molecule has 2 aromatic rings. The minimum absolute atomic E-state index is 0.0119. The Balaban J connectivity index is 0.812. The van der Waals surface area contributed by atoms with Crippen molar-refractivity contribution in [2.75, 3.05) is 137 Å². The highest BCUT2D eigenvalue weighted by atomic mass is 19.2. The predicted octanol–water partition coefficient (Wildman–Crippen LogP) is 3.44. The Bertz CT molecular complexity index is 2010. The van der Waals surface area contributed by atoms with E-state index in [1.54, 1.807) is 6.07 Å². The second-order valence-electron chi connectivity index (χ2n) is 15.3. The Hall–Kier alpha value is -5.09. The average molecular weight is 1020 g/mol. The van der Waals surface area contributed by atoms with Crippen molar-refractivity contribution in [1.82, 2.24) is 10.2 Å². The van der Waals surface area contributed by atoms with E-state index in [1.807, 2.05) is 0 Å². The van der Waals surface area contributed by atoms with Gasteiger partial charge in [-0.05, 0) is 31.4 Å². The van der Waals surface area contributed by atoms with Crippen LogP contribution in [0.2, 0.25) is 0 Å². The van der Waals surface area contributed by atoms with E-state index in [-0.39, 0.29) is 75.0 Å². The molecule has 396 valence electrons. The molecule has 0 aromatic heterocycles. The van der Waals surface area contributed by atoms with Crippen LogP contribution in [0.15, 0.2) is 18.2 Å². The molecular weight excluding hydrogens is 962 g/mol. The molecule has 2 heterocycles. The molecule has 1 unspecified atom stereocenters. The van der Waals surface area contributed by atoms with Crippen LogP contribution in [0.1, 0.15) is 65.7 Å². The summed E-state index contributed by atoms with van der Waals surface area (Å²) in [6, 6.07) is 3.46. The fourth-order valence-electron chi connectivity index (χ4n) is 6.57. The summed E-state index contributed by atoms with van der Waals surface area (Å²) < 4.78 is 125. The van der Waals surface area contributed by atoms with E-state index >= 15 is 0 Å². The number of unbranched alkanes of at least 4 members (excludes halogenated alkanes) is 2. The highest BCUT2D eigenvalue weighted by Crippen LogP contribution is 2.33. The van der Waals surface area contributed by atoms with Crippen molar-refractivity contribution in [3.05, 3.63) is 58.4 Å². The standard InChI is InChI=1S/C46H60F5N3O17/c47-38-39(48)41(50)43(42(51)40(38)49)71-36(57)10-12-62-14-16-64-18-20-66-22-24-68-26-28-70-30-29-69-27-25-67-23-21-65-19-17-63-15-13-61-11-3-1-2-7-34(55)52-32-6-4-5-31-37(32)46(60)54(45(31)59)33-8-9-35(56)53-44(33)58/h4-6,33H,1-3,7-30H2,(H,52,55)(H,53,56,58). The summed E-state index contributed by atoms with van der Waals surface area (Å²) in [5.74, 6) is -17.0. The first-order chi connectivity index (χ1) is 34.4. The molecule has 0 saturated carbocycles. The van der Waals surface area contributed by atoms with Gasteiger partial charge in [0.15, 0.2) is 0 Å². The van der Waals surface area contributed by atoms with E-state index in [4.69, 9.17) is 47.4 Å². The smallest absolute Gasteiger partial charge is 0.313 e. The number of anilines is 1. The highest BCUT2D eigenvalue weighted by molar-refractivity contribution is 6.26. The largest absolute Gasteiger partial charge is 0.420 e. The van der Waals surface area contributed by atoms with Gasteiger partial charge in [0.25, 0.3) is 11.8 Å². The Labute approximate surface area is 406 Å². The first-order valence-electron chi connectivity index (χ1n) is 23.1. The molecule has 71 heavy (non-hydrogen) atoms. The van der Waals surface area contributed by atoms with Gasteiger partial charge in [0.05, 0.1) is 149 Å². The SMILES string of the molecule is O=C1CCC(N2C(=O)c3cccc(NC(=O)CCCCCOCCOCCOCCOCCOCCOCCOCCOCCOCCOCCC(=O)Oc4c(F)c(F)c(F)c(F)c4F)c3C2=O)C(=O)N1. The molecule has 25 heteroatoms. The number of benzene rings is 2. The summed E-state index contributed by atoms with van der Waals surface area (Å²) >= 11 is 0. The molecule has 1 fully saturated rings. The zero-order valence-electron chi connectivity index (χ0n) is 39.2. The van der Waals surface area contributed by atoms with Crippen molar-refractivity contribution in [1.29, 1.82) is 0 Å². The Morgan fingerprint density at radius 2 is 0.972 bits per heavy atom. The highest BCUT2D eigenvalue weighted by Gasteiger charge is 2.45. The van der Waals surface area contributed by atoms with Gasteiger partial charge in [0, 0.05) is 19.4 Å². The molecule has 2 aliphatic rings. The zero-order chi connectivity index (χ0) is 51.2. The van der Waals surface area contributed by atoms with E-state index in [1.165, 1.54) is 12.1 Å². The lowest BCUT2D eigenvalue weighted by Crippen LogP contribution is -2.54. The van der Waals surface area contributed by atoms with Crippen LogP contribution in [0.3, 0.4) is 0 Å². The summed E-state index contributed by atoms with van der Waals surface area (Å²) in [5, 5.41) is 4.88. The fraction of sp³-hybridized carbons (Fsp3) is 0.609. The van der Waals surface area contributed by atoms with E-state index in [0.717, 1.165) is 17.7 Å². The maximum absolute atomic E-state index is 13.6. The van der Waals surface area contributed by atoms with E-state index in [0.29, 0.717) is 106 Å². The third-order valence-electron chi connectivity index (χ3n) is 10.1. The summed E-state index contributed by atoms with van der Waals surface area (Å²) in [5.41, 5.74) is 0.325. The second kappa shape index (κ2) is 33.5. The van der Waals surface area contributed by atoms with Crippen LogP contribution >= 0.6 is 0 Å². The van der Waals surface area contributed by atoms with Crippen molar-refractivity contribution in [2.45, 2.75) is 51.0 Å². The number of fused-ring (bicyclic) bond motifs is 1. The second-order valence-corrected chi connectivity index (χ2v) is 15.3. The number of hydrogen-bond acceptors (Lipinski definition) is 17. The molecule has 0 radical (unpaired) electrons. The number of piperidine rings is 1. The van der Waals surface area contributed by atoms with Crippen LogP contribution in [0.5, 0.6) is 5.75 Å². The lowest BCUT2D eigenvalue weighted by molar-refractivity contribution is -0.137. The summed E-state index contributed by atoms with van der Waals surface area (Å²) in [4.78, 5) is 75.3. The number of rotatable bonds is 39. The number of nitrogens with one attached hydrogen (secondary N) is 2. The number of carbonyl (C=O) groups excluding carboxylic acids is 6. The zero-order valence-corrected chi connectivity index (χ0v) is 39.2. The number of ether oxygens (including phenoxy) is 11. The summed E-state index contributed by atoms with van der Waals surface area (Å²) in [7, 11) is 0. The number of esters is 1.